The van der Waals surface area contributed by atoms with E-state index in [4.69, 9.17) is 0 Å². The molecule has 0 aliphatic heterocycles. The molecule has 0 unspecified atom stereocenters. The van der Waals surface area contributed by atoms with Crippen LogP contribution in [0.25, 0.3) is 10.9 Å². The Bertz CT molecular complexity index is 1150. The highest BCUT2D eigenvalue weighted by Crippen LogP contribution is 2.33. The number of amides is 1. The lowest BCUT2D eigenvalue weighted by Gasteiger charge is -2.20. The van der Waals surface area contributed by atoms with Crippen LogP contribution < -0.4 is 5.32 Å². The van der Waals surface area contributed by atoms with Gasteiger partial charge in [-0.1, -0.05) is 60.7 Å². The molecule has 0 fully saturated rings. The maximum absolute atomic E-state index is 14.0. The number of aromatic nitrogens is 1. The predicted octanol–water partition coefficient (Wildman–Crippen LogP) is 5.97. The average molecular weight is 415 g/mol. The number of halogens is 1. The maximum Gasteiger partial charge on any atom is 0.221 e. The zero-order valence-electron chi connectivity index (χ0n) is 17.6. The SMILES string of the molecule is C[C@@H](CCc1ccccc1)NC(=O)C[C@@H](c1cccc(F)c1)c1c[nH]c2ccccc12. The first-order chi connectivity index (χ1) is 15.1. The molecule has 4 rings (SSSR count). The second-order valence-corrected chi connectivity index (χ2v) is 8.09. The topological polar surface area (TPSA) is 44.9 Å². The first-order valence-corrected chi connectivity index (χ1v) is 10.7. The van der Waals surface area contributed by atoms with Crippen LogP contribution in [-0.4, -0.2) is 16.9 Å². The van der Waals surface area contributed by atoms with Crippen LogP contribution in [0.3, 0.4) is 0 Å². The number of H-pyrrole nitrogens is 1. The number of aryl methyl sites for hydroxylation is 1. The van der Waals surface area contributed by atoms with E-state index in [1.54, 1.807) is 6.07 Å². The molecule has 1 amide bonds. The lowest BCUT2D eigenvalue weighted by molar-refractivity contribution is -0.121. The molecule has 0 saturated carbocycles. The fraction of sp³-hybridized carbons (Fsp3) is 0.222. The number of carbonyl (C=O) groups excluding carboxylic acids is 1. The Labute approximate surface area is 182 Å². The second-order valence-electron chi connectivity index (χ2n) is 8.09. The number of para-hydroxylation sites is 1. The zero-order chi connectivity index (χ0) is 21.6. The molecule has 3 nitrogen and oxygen atoms in total. The summed E-state index contributed by atoms with van der Waals surface area (Å²) in [6, 6.07) is 24.9. The van der Waals surface area contributed by atoms with E-state index in [9.17, 15) is 9.18 Å². The third kappa shape index (κ3) is 5.21. The van der Waals surface area contributed by atoms with Crippen molar-refractivity contribution in [1.82, 2.24) is 10.3 Å². The first kappa shape index (κ1) is 20.9. The molecule has 1 aromatic heterocycles. The third-order valence-corrected chi connectivity index (χ3v) is 5.75. The molecule has 4 aromatic rings. The minimum Gasteiger partial charge on any atom is -0.361 e. The van der Waals surface area contributed by atoms with Crippen LogP contribution in [-0.2, 0) is 11.2 Å². The van der Waals surface area contributed by atoms with Crippen LogP contribution >= 0.6 is 0 Å². The molecule has 0 aliphatic rings. The highest BCUT2D eigenvalue weighted by molar-refractivity contribution is 5.86. The molecule has 0 saturated heterocycles. The third-order valence-electron chi connectivity index (χ3n) is 5.75. The predicted molar refractivity (Wildman–Crippen MR) is 124 cm³/mol. The van der Waals surface area contributed by atoms with Crippen LogP contribution in [0.4, 0.5) is 4.39 Å². The van der Waals surface area contributed by atoms with E-state index in [0.29, 0.717) is 0 Å². The smallest absolute Gasteiger partial charge is 0.221 e. The summed E-state index contributed by atoms with van der Waals surface area (Å²) in [7, 11) is 0. The summed E-state index contributed by atoms with van der Waals surface area (Å²) >= 11 is 0. The number of rotatable bonds is 8. The second kappa shape index (κ2) is 9.61. The first-order valence-electron chi connectivity index (χ1n) is 10.7. The number of hydrogen-bond donors (Lipinski definition) is 2. The number of aromatic amines is 1. The van der Waals surface area contributed by atoms with Gasteiger partial charge in [0.1, 0.15) is 5.82 Å². The van der Waals surface area contributed by atoms with Gasteiger partial charge < -0.3 is 10.3 Å². The quantitative estimate of drug-likeness (QED) is 0.367. The number of nitrogens with one attached hydrogen (secondary N) is 2. The van der Waals surface area contributed by atoms with E-state index in [0.717, 1.165) is 34.9 Å². The molecular weight excluding hydrogens is 387 g/mol. The Balaban J connectivity index is 1.50. The highest BCUT2D eigenvalue weighted by Gasteiger charge is 2.22. The van der Waals surface area contributed by atoms with E-state index in [1.807, 2.05) is 61.7 Å². The van der Waals surface area contributed by atoms with Crippen molar-refractivity contribution in [2.24, 2.45) is 0 Å². The molecule has 0 aliphatic carbocycles. The summed E-state index contributed by atoms with van der Waals surface area (Å²) in [5.74, 6) is -0.549. The van der Waals surface area contributed by atoms with E-state index in [1.165, 1.54) is 17.7 Å². The molecule has 2 N–H and O–H groups in total. The van der Waals surface area contributed by atoms with Crippen LogP contribution in [0, 0.1) is 5.82 Å². The monoisotopic (exact) mass is 414 g/mol. The fourth-order valence-electron chi connectivity index (χ4n) is 4.13. The Kier molecular flexibility index (Phi) is 6.46. The van der Waals surface area contributed by atoms with Crippen LogP contribution in [0.5, 0.6) is 0 Å². The van der Waals surface area contributed by atoms with Crippen LogP contribution in [0.2, 0.25) is 0 Å². The molecule has 0 spiro atoms. The number of carbonyl (C=O) groups is 1. The summed E-state index contributed by atoms with van der Waals surface area (Å²) in [6.07, 6.45) is 3.98. The largest absolute Gasteiger partial charge is 0.361 e. The Hall–Kier alpha value is -3.40. The van der Waals surface area contributed by atoms with Gasteiger partial charge in [-0.2, -0.15) is 0 Å². The molecule has 158 valence electrons. The van der Waals surface area contributed by atoms with Crippen molar-refractivity contribution in [1.29, 1.82) is 0 Å². The van der Waals surface area contributed by atoms with Crippen molar-refractivity contribution in [2.75, 3.05) is 0 Å². The Morgan fingerprint density at radius 1 is 1.00 bits per heavy atom. The van der Waals surface area contributed by atoms with Crippen LogP contribution in [0.15, 0.2) is 85.1 Å². The van der Waals surface area contributed by atoms with Gasteiger partial charge in [-0.3, -0.25) is 4.79 Å². The molecule has 0 radical (unpaired) electrons. The average Bonchev–Trinajstić information content (AvgIpc) is 3.21. The minimum atomic E-state index is -0.293. The van der Waals surface area contributed by atoms with Gasteiger partial charge in [-0.15, -0.1) is 0 Å². The molecular formula is C27H27FN2O. The number of benzene rings is 3. The van der Waals surface area contributed by atoms with Gasteiger partial charge in [-0.25, -0.2) is 4.39 Å². The van der Waals surface area contributed by atoms with Gasteiger partial charge >= 0.3 is 0 Å². The summed E-state index contributed by atoms with van der Waals surface area (Å²) in [5, 5.41) is 4.19. The van der Waals surface area contributed by atoms with Crippen molar-refractivity contribution >= 4 is 16.8 Å². The zero-order valence-corrected chi connectivity index (χ0v) is 17.6. The summed E-state index contributed by atoms with van der Waals surface area (Å²) < 4.78 is 14.0. The maximum atomic E-state index is 14.0. The van der Waals surface area contributed by atoms with Gasteiger partial charge in [0.15, 0.2) is 0 Å². The van der Waals surface area contributed by atoms with Crippen molar-refractivity contribution < 1.29 is 9.18 Å². The normalized spacial score (nSPS) is 13.1. The van der Waals surface area contributed by atoms with Gasteiger partial charge in [0.05, 0.1) is 0 Å². The number of hydrogen-bond acceptors (Lipinski definition) is 1. The van der Waals surface area contributed by atoms with Gasteiger partial charge in [0.25, 0.3) is 0 Å². The van der Waals surface area contributed by atoms with Gasteiger partial charge in [-0.05, 0) is 54.7 Å². The van der Waals surface area contributed by atoms with Gasteiger partial charge in [0.2, 0.25) is 5.91 Å². The molecule has 3 aromatic carbocycles. The summed E-state index contributed by atoms with van der Waals surface area (Å²) in [5.41, 5.74) is 4.08. The molecule has 31 heavy (non-hydrogen) atoms. The van der Waals surface area contributed by atoms with Crippen molar-refractivity contribution in [3.63, 3.8) is 0 Å². The van der Waals surface area contributed by atoms with E-state index < -0.39 is 0 Å². The van der Waals surface area contributed by atoms with E-state index in [2.05, 4.69) is 22.4 Å². The molecule has 1 heterocycles. The van der Waals surface area contributed by atoms with Crippen LogP contribution in [0.1, 0.15) is 42.4 Å². The van der Waals surface area contributed by atoms with Gasteiger partial charge in [0, 0.05) is 35.5 Å². The summed E-state index contributed by atoms with van der Waals surface area (Å²) in [6.45, 7) is 2.03. The highest BCUT2D eigenvalue weighted by atomic mass is 19.1. The van der Waals surface area contributed by atoms with Crippen molar-refractivity contribution in [2.45, 2.75) is 38.1 Å². The molecule has 0 bridgehead atoms. The lowest BCUT2D eigenvalue weighted by Crippen LogP contribution is -2.33. The Morgan fingerprint density at radius 2 is 1.77 bits per heavy atom. The Morgan fingerprint density at radius 3 is 2.58 bits per heavy atom. The molecule has 2 atom stereocenters. The standard InChI is InChI=1S/C27H27FN2O/c1-19(14-15-20-8-3-2-4-9-20)30-27(31)17-24(21-10-7-11-22(28)16-21)25-18-29-26-13-6-5-12-23(25)26/h2-13,16,18-19,24,29H,14-15,17H2,1H3,(H,30,31)/t19-,24-/m0/s1. The van der Waals surface area contributed by atoms with Crippen molar-refractivity contribution in [3.05, 3.63) is 108 Å². The fourth-order valence-corrected chi connectivity index (χ4v) is 4.13. The van der Waals surface area contributed by atoms with Crippen molar-refractivity contribution in [3.8, 4) is 0 Å². The molecule has 4 heteroatoms. The summed E-state index contributed by atoms with van der Waals surface area (Å²) in [4.78, 5) is 16.2. The van der Waals surface area contributed by atoms with E-state index >= 15 is 0 Å². The number of fused-ring (bicyclic) bond motifs is 1. The minimum absolute atomic E-state index is 0.0277. The van der Waals surface area contributed by atoms with E-state index in [-0.39, 0.29) is 30.1 Å². The lowest BCUT2D eigenvalue weighted by atomic mass is 9.88.